The van der Waals surface area contributed by atoms with E-state index in [0.717, 1.165) is 35.5 Å². The van der Waals surface area contributed by atoms with Crippen LogP contribution in [0.4, 0.5) is 0 Å². The fourth-order valence-corrected chi connectivity index (χ4v) is 6.45. The summed E-state index contributed by atoms with van der Waals surface area (Å²) in [6, 6.07) is 11.3. The van der Waals surface area contributed by atoms with E-state index in [4.69, 9.17) is 0 Å². The van der Waals surface area contributed by atoms with Gasteiger partial charge >= 0.3 is 0 Å². The third-order valence-electron chi connectivity index (χ3n) is 8.06. The van der Waals surface area contributed by atoms with Crippen molar-refractivity contribution in [1.82, 2.24) is 0 Å². The van der Waals surface area contributed by atoms with E-state index in [1.165, 1.54) is 44.9 Å². The molecule has 0 heteroatoms. The summed E-state index contributed by atoms with van der Waals surface area (Å²) in [4.78, 5) is 0. The molecule has 0 aromatic heterocycles. The Morgan fingerprint density at radius 1 is 0.667 bits per heavy atom. The Balaban J connectivity index is 1.32. The molecular weight excluding hydrogens is 288 g/mol. The van der Waals surface area contributed by atoms with Gasteiger partial charge in [-0.1, -0.05) is 56.5 Å². The molecule has 1 aromatic rings. The minimum Gasteiger partial charge on any atom is -0.0651 e. The van der Waals surface area contributed by atoms with Crippen LogP contribution in [0.25, 0.3) is 0 Å². The number of rotatable bonds is 3. The summed E-state index contributed by atoms with van der Waals surface area (Å²) in [5, 5.41) is 0. The molecule has 3 aliphatic carbocycles. The summed E-state index contributed by atoms with van der Waals surface area (Å²) in [5.74, 6) is 6.17. The Morgan fingerprint density at radius 2 is 1.25 bits per heavy atom. The molecule has 0 nitrogen and oxygen atoms in total. The Labute approximate surface area is 149 Å². The van der Waals surface area contributed by atoms with Crippen molar-refractivity contribution in [1.29, 1.82) is 0 Å². The van der Waals surface area contributed by atoms with Gasteiger partial charge in [-0.05, 0) is 92.4 Å². The monoisotopic (exact) mass is 324 g/mol. The molecule has 132 valence electrons. The maximum Gasteiger partial charge on any atom is -0.0159 e. The first-order valence-electron chi connectivity index (χ1n) is 10.9. The van der Waals surface area contributed by atoms with E-state index in [2.05, 4.69) is 37.3 Å². The van der Waals surface area contributed by atoms with E-state index in [1.54, 1.807) is 31.2 Å². The van der Waals surface area contributed by atoms with Crippen molar-refractivity contribution < 1.29 is 0 Å². The highest BCUT2D eigenvalue weighted by Crippen LogP contribution is 2.50. The maximum absolute atomic E-state index is 2.39. The summed E-state index contributed by atoms with van der Waals surface area (Å²) >= 11 is 0. The molecular formula is C24H36. The third-order valence-corrected chi connectivity index (χ3v) is 8.06. The second-order valence-electron chi connectivity index (χ2n) is 9.20. The molecule has 0 spiro atoms. The van der Waals surface area contributed by atoms with Gasteiger partial charge in [-0.15, -0.1) is 0 Å². The van der Waals surface area contributed by atoms with Gasteiger partial charge in [0.2, 0.25) is 0 Å². The van der Waals surface area contributed by atoms with Gasteiger partial charge in [-0.2, -0.15) is 0 Å². The lowest BCUT2D eigenvalue weighted by atomic mass is 9.60. The van der Waals surface area contributed by atoms with E-state index in [-0.39, 0.29) is 0 Å². The molecule has 24 heavy (non-hydrogen) atoms. The van der Waals surface area contributed by atoms with Gasteiger partial charge in [0.15, 0.2) is 0 Å². The first-order chi connectivity index (χ1) is 11.8. The van der Waals surface area contributed by atoms with E-state index < -0.39 is 0 Å². The molecule has 3 aliphatic rings. The molecule has 0 saturated heterocycles. The second-order valence-corrected chi connectivity index (χ2v) is 9.20. The van der Waals surface area contributed by atoms with Crippen LogP contribution in [0.3, 0.4) is 0 Å². The van der Waals surface area contributed by atoms with Gasteiger partial charge in [-0.3, -0.25) is 0 Å². The Hall–Kier alpha value is -0.780. The van der Waals surface area contributed by atoms with E-state index >= 15 is 0 Å². The van der Waals surface area contributed by atoms with E-state index in [1.807, 2.05) is 0 Å². The molecule has 4 atom stereocenters. The van der Waals surface area contributed by atoms with Crippen LogP contribution >= 0.6 is 0 Å². The van der Waals surface area contributed by atoms with Crippen molar-refractivity contribution >= 4 is 0 Å². The SMILES string of the molecule is CCC1CCC(C2CCC3CC(c4ccccc4)CCC3C2)CC1. The Morgan fingerprint density at radius 3 is 1.96 bits per heavy atom. The van der Waals surface area contributed by atoms with Crippen LogP contribution in [-0.2, 0) is 0 Å². The maximum atomic E-state index is 2.39. The number of benzene rings is 1. The van der Waals surface area contributed by atoms with Crippen LogP contribution < -0.4 is 0 Å². The number of fused-ring (bicyclic) bond motifs is 1. The van der Waals surface area contributed by atoms with Gasteiger partial charge in [0.25, 0.3) is 0 Å². The lowest BCUT2D eigenvalue weighted by Gasteiger charge is -2.45. The topological polar surface area (TPSA) is 0 Å². The number of hydrogen-bond donors (Lipinski definition) is 0. The molecule has 3 fully saturated rings. The average molecular weight is 325 g/mol. The fraction of sp³-hybridized carbons (Fsp3) is 0.750. The number of hydrogen-bond acceptors (Lipinski definition) is 0. The van der Waals surface area contributed by atoms with E-state index in [9.17, 15) is 0 Å². The standard InChI is InChI=1S/C24H36/c1-2-18-8-10-20(11-9-18)22-13-15-23-16-21(12-14-24(23)17-22)19-6-4-3-5-7-19/h3-7,18,20-24H,2,8-17H2,1H3. The van der Waals surface area contributed by atoms with Crippen LogP contribution in [0.2, 0.25) is 0 Å². The highest BCUT2D eigenvalue weighted by molar-refractivity contribution is 5.20. The molecule has 0 heterocycles. The lowest BCUT2D eigenvalue weighted by molar-refractivity contribution is 0.0716. The fourth-order valence-electron chi connectivity index (χ4n) is 6.45. The molecule has 3 saturated carbocycles. The summed E-state index contributed by atoms with van der Waals surface area (Å²) in [6.07, 6.45) is 16.7. The molecule has 0 amide bonds. The zero-order chi connectivity index (χ0) is 16.4. The zero-order valence-electron chi connectivity index (χ0n) is 15.6. The van der Waals surface area contributed by atoms with Crippen molar-refractivity contribution in [2.75, 3.05) is 0 Å². The van der Waals surface area contributed by atoms with Gasteiger partial charge in [0.05, 0.1) is 0 Å². The molecule has 0 N–H and O–H groups in total. The lowest BCUT2D eigenvalue weighted by Crippen LogP contribution is -2.34. The van der Waals surface area contributed by atoms with Crippen molar-refractivity contribution in [3.63, 3.8) is 0 Å². The summed E-state index contributed by atoms with van der Waals surface area (Å²) in [5.41, 5.74) is 1.61. The van der Waals surface area contributed by atoms with Crippen LogP contribution in [-0.4, -0.2) is 0 Å². The summed E-state index contributed by atoms with van der Waals surface area (Å²) in [7, 11) is 0. The predicted octanol–water partition coefficient (Wildman–Crippen LogP) is 7.20. The van der Waals surface area contributed by atoms with Crippen LogP contribution in [0.5, 0.6) is 0 Å². The van der Waals surface area contributed by atoms with Crippen LogP contribution in [0.1, 0.15) is 89.0 Å². The molecule has 0 aliphatic heterocycles. The van der Waals surface area contributed by atoms with Gasteiger partial charge in [0.1, 0.15) is 0 Å². The van der Waals surface area contributed by atoms with Crippen molar-refractivity contribution in [3.8, 4) is 0 Å². The predicted molar refractivity (Wildman–Crippen MR) is 103 cm³/mol. The Kier molecular flexibility index (Phi) is 5.30. The zero-order valence-corrected chi connectivity index (χ0v) is 15.6. The molecule has 0 bridgehead atoms. The van der Waals surface area contributed by atoms with Gasteiger partial charge in [-0.25, -0.2) is 0 Å². The second kappa shape index (κ2) is 7.63. The first-order valence-corrected chi connectivity index (χ1v) is 10.9. The molecule has 1 aromatic carbocycles. The third kappa shape index (κ3) is 3.58. The molecule has 4 unspecified atom stereocenters. The molecule has 4 rings (SSSR count). The summed E-state index contributed by atoms with van der Waals surface area (Å²) in [6.45, 7) is 2.39. The normalized spacial score (nSPS) is 40.0. The quantitative estimate of drug-likeness (QED) is 0.551. The van der Waals surface area contributed by atoms with Crippen molar-refractivity contribution in [2.45, 2.75) is 83.5 Å². The Bertz CT molecular complexity index is 496. The minimum atomic E-state index is 0.851. The average Bonchev–Trinajstić information content (AvgIpc) is 2.68. The van der Waals surface area contributed by atoms with Gasteiger partial charge in [0, 0.05) is 0 Å². The summed E-state index contributed by atoms with van der Waals surface area (Å²) < 4.78 is 0. The highest BCUT2D eigenvalue weighted by Gasteiger charge is 2.38. The molecule has 0 radical (unpaired) electrons. The smallest absolute Gasteiger partial charge is 0.0159 e. The van der Waals surface area contributed by atoms with Crippen LogP contribution in [0.15, 0.2) is 30.3 Å². The largest absolute Gasteiger partial charge is 0.0651 e. The van der Waals surface area contributed by atoms with E-state index in [0.29, 0.717) is 0 Å². The van der Waals surface area contributed by atoms with Gasteiger partial charge < -0.3 is 0 Å². The first kappa shape index (κ1) is 16.7. The van der Waals surface area contributed by atoms with Crippen molar-refractivity contribution in [3.05, 3.63) is 35.9 Å². The highest BCUT2D eigenvalue weighted by atomic mass is 14.4. The van der Waals surface area contributed by atoms with Crippen LogP contribution in [0, 0.1) is 29.6 Å². The minimum absolute atomic E-state index is 0.851. The van der Waals surface area contributed by atoms with Crippen molar-refractivity contribution in [2.24, 2.45) is 29.6 Å².